The monoisotopic (exact) mass is 258 g/mol. The quantitative estimate of drug-likeness (QED) is 0.734. The first-order valence-electron chi connectivity index (χ1n) is 6.15. The highest BCUT2D eigenvalue weighted by Crippen LogP contribution is 2.08. The van der Waals surface area contributed by atoms with Crippen LogP contribution >= 0.6 is 0 Å². The zero-order chi connectivity index (χ0) is 13.8. The van der Waals surface area contributed by atoms with E-state index in [0.717, 1.165) is 6.42 Å². The van der Waals surface area contributed by atoms with Crippen molar-refractivity contribution in [1.82, 2.24) is 10.6 Å². The van der Waals surface area contributed by atoms with Gasteiger partial charge in [0.15, 0.2) is 0 Å². The van der Waals surface area contributed by atoms with E-state index in [0.29, 0.717) is 13.2 Å². The maximum Gasteiger partial charge on any atom is 0.328 e. The molecule has 6 heteroatoms. The predicted molar refractivity (Wildman–Crippen MR) is 66.2 cm³/mol. The Labute approximate surface area is 107 Å². The van der Waals surface area contributed by atoms with E-state index in [1.165, 1.54) is 0 Å². The van der Waals surface area contributed by atoms with Gasteiger partial charge in [-0.25, -0.2) is 9.59 Å². The fourth-order valence-electron chi connectivity index (χ4n) is 1.52. The fourth-order valence-corrected chi connectivity index (χ4v) is 1.52. The Morgan fingerprint density at radius 1 is 1.39 bits per heavy atom. The highest BCUT2D eigenvalue weighted by Gasteiger charge is 2.24. The maximum atomic E-state index is 11.6. The summed E-state index contributed by atoms with van der Waals surface area (Å²) in [7, 11) is 0. The molecule has 1 rings (SSSR count). The van der Waals surface area contributed by atoms with Gasteiger partial charge in [0.1, 0.15) is 11.6 Å². The van der Waals surface area contributed by atoms with E-state index in [-0.39, 0.29) is 12.1 Å². The van der Waals surface area contributed by atoms with Gasteiger partial charge in [-0.3, -0.25) is 0 Å². The van der Waals surface area contributed by atoms with E-state index >= 15 is 0 Å². The molecule has 2 N–H and O–H groups in total. The minimum atomic E-state index is -0.674. The van der Waals surface area contributed by atoms with Crippen LogP contribution in [0.3, 0.4) is 0 Å². The Morgan fingerprint density at radius 3 is 2.56 bits per heavy atom. The molecular formula is C12H22N2O4. The van der Waals surface area contributed by atoms with E-state index in [2.05, 4.69) is 10.6 Å². The Morgan fingerprint density at radius 2 is 2.06 bits per heavy atom. The molecule has 0 aromatic heterocycles. The van der Waals surface area contributed by atoms with Crippen molar-refractivity contribution < 1.29 is 19.1 Å². The zero-order valence-corrected chi connectivity index (χ0v) is 11.4. The highest BCUT2D eigenvalue weighted by molar-refractivity contribution is 5.83. The maximum absolute atomic E-state index is 11.6. The van der Waals surface area contributed by atoms with Crippen LogP contribution in [0.15, 0.2) is 0 Å². The lowest BCUT2D eigenvalue weighted by Crippen LogP contribution is -2.49. The Bertz CT molecular complexity index is 306. The first-order valence-corrected chi connectivity index (χ1v) is 6.15. The van der Waals surface area contributed by atoms with Crippen molar-refractivity contribution in [3.63, 3.8) is 0 Å². The van der Waals surface area contributed by atoms with Crippen LogP contribution in [0.1, 0.15) is 34.1 Å². The molecule has 104 valence electrons. The van der Waals surface area contributed by atoms with Gasteiger partial charge in [-0.1, -0.05) is 0 Å². The molecule has 1 fully saturated rings. The predicted octanol–water partition coefficient (Wildman–Crippen LogP) is 0.805. The Kier molecular flexibility index (Phi) is 4.95. The standard InChI is InChI=1S/C12H22N2O4/c1-8(10(15)18-12(2,3)4)13-11(16)14-9-5-6-17-7-9/h8-9H,5-7H2,1-4H3,(H2,13,14,16)/t8-,9?/m1/s1. The lowest BCUT2D eigenvalue weighted by atomic mass is 10.2. The van der Waals surface area contributed by atoms with Crippen LogP contribution in [0, 0.1) is 0 Å². The van der Waals surface area contributed by atoms with E-state index < -0.39 is 17.6 Å². The number of hydrogen-bond donors (Lipinski definition) is 2. The van der Waals surface area contributed by atoms with Crippen molar-refractivity contribution in [3.05, 3.63) is 0 Å². The Balaban J connectivity index is 2.31. The van der Waals surface area contributed by atoms with E-state index in [9.17, 15) is 9.59 Å². The van der Waals surface area contributed by atoms with Gasteiger partial charge in [0, 0.05) is 6.61 Å². The van der Waals surface area contributed by atoms with Gasteiger partial charge < -0.3 is 20.1 Å². The van der Waals surface area contributed by atoms with Crippen LogP contribution in [0.2, 0.25) is 0 Å². The molecule has 0 spiro atoms. The summed E-state index contributed by atoms with van der Waals surface area (Å²) in [4.78, 5) is 23.2. The number of carbonyl (C=O) groups is 2. The third-order valence-corrected chi connectivity index (χ3v) is 2.37. The summed E-state index contributed by atoms with van der Waals surface area (Å²) < 4.78 is 10.3. The van der Waals surface area contributed by atoms with Gasteiger partial charge in [-0.2, -0.15) is 0 Å². The molecule has 0 radical (unpaired) electrons. The number of carbonyl (C=O) groups excluding carboxylic acids is 2. The smallest absolute Gasteiger partial charge is 0.328 e. The molecule has 1 heterocycles. The molecule has 1 aliphatic rings. The molecule has 18 heavy (non-hydrogen) atoms. The van der Waals surface area contributed by atoms with Crippen molar-refractivity contribution in [1.29, 1.82) is 0 Å². The molecule has 0 aromatic rings. The molecule has 1 saturated heterocycles. The molecule has 2 atom stereocenters. The second-order valence-electron chi connectivity index (χ2n) is 5.43. The number of hydrogen-bond acceptors (Lipinski definition) is 4. The van der Waals surface area contributed by atoms with Crippen LogP contribution in [-0.2, 0) is 14.3 Å². The third kappa shape index (κ3) is 5.35. The average molecular weight is 258 g/mol. The number of ether oxygens (including phenoxy) is 2. The number of urea groups is 1. The van der Waals surface area contributed by atoms with Crippen LogP contribution < -0.4 is 10.6 Å². The SMILES string of the molecule is C[C@@H](NC(=O)NC1CCOC1)C(=O)OC(C)(C)C. The largest absolute Gasteiger partial charge is 0.458 e. The van der Waals surface area contributed by atoms with E-state index in [1.54, 1.807) is 27.7 Å². The molecular weight excluding hydrogens is 236 g/mol. The molecule has 0 aromatic carbocycles. The number of esters is 1. The van der Waals surface area contributed by atoms with Gasteiger partial charge >= 0.3 is 12.0 Å². The lowest BCUT2D eigenvalue weighted by molar-refractivity contribution is -0.156. The van der Waals surface area contributed by atoms with Crippen molar-refractivity contribution in [2.45, 2.75) is 51.8 Å². The van der Waals surface area contributed by atoms with Crippen LogP contribution in [0.5, 0.6) is 0 Å². The van der Waals surface area contributed by atoms with Crippen LogP contribution in [-0.4, -0.2) is 42.9 Å². The van der Waals surface area contributed by atoms with Crippen molar-refractivity contribution in [2.24, 2.45) is 0 Å². The molecule has 1 unspecified atom stereocenters. The molecule has 1 aliphatic heterocycles. The van der Waals surface area contributed by atoms with Gasteiger partial charge in [0.2, 0.25) is 0 Å². The topological polar surface area (TPSA) is 76.7 Å². The van der Waals surface area contributed by atoms with E-state index in [4.69, 9.17) is 9.47 Å². The summed E-state index contributed by atoms with van der Waals surface area (Å²) in [5, 5.41) is 5.29. The van der Waals surface area contributed by atoms with Gasteiger partial charge in [0.05, 0.1) is 12.6 Å². The minimum absolute atomic E-state index is 0.0239. The minimum Gasteiger partial charge on any atom is -0.458 e. The molecule has 0 saturated carbocycles. The summed E-state index contributed by atoms with van der Waals surface area (Å²) in [6.07, 6.45) is 0.800. The molecule has 0 aliphatic carbocycles. The Hall–Kier alpha value is -1.30. The molecule has 6 nitrogen and oxygen atoms in total. The van der Waals surface area contributed by atoms with Crippen molar-refractivity contribution in [3.8, 4) is 0 Å². The molecule has 2 amide bonds. The number of nitrogens with one attached hydrogen (secondary N) is 2. The lowest BCUT2D eigenvalue weighted by Gasteiger charge is -2.23. The zero-order valence-electron chi connectivity index (χ0n) is 11.4. The van der Waals surface area contributed by atoms with Crippen LogP contribution in [0.25, 0.3) is 0 Å². The third-order valence-electron chi connectivity index (χ3n) is 2.37. The summed E-state index contributed by atoms with van der Waals surface area (Å²) in [5.74, 6) is -0.444. The summed E-state index contributed by atoms with van der Waals surface area (Å²) in [5.41, 5.74) is -0.553. The summed E-state index contributed by atoms with van der Waals surface area (Å²) >= 11 is 0. The fraction of sp³-hybridized carbons (Fsp3) is 0.833. The summed E-state index contributed by atoms with van der Waals surface area (Å²) in [6.45, 7) is 8.13. The first kappa shape index (κ1) is 14.8. The van der Waals surface area contributed by atoms with Crippen LogP contribution in [0.4, 0.5) is 4.79 Å². The van der Waals surface area contributed by atoms with Crippen molar-refractivity contribution >= 4 is 12.0 Å². The second-order valence-corrected chi connectivity index (χ2v) is 5.43. The first-order chi connectivity index (χ1) is 8.28. The number of rotatable bonds is 3. The van der Waals surface area contributed by atoms with Gasteiger partial charge in [-0.15, -0.1) is 0 Å². The van der Waals surface area contributed by atoms with Gasteiger partial charge in [-0.05, 0) is 34.1 Å². The normalized spacial score (nSPS) is 21.2. The summed E-state index contributed by atoms with van der Waals surface area (Å²) in [6, 6.07) is -1.02. The van der Waals surface area contributed by atoms with Gasteiger partial charge in [0.25, 0.3) is 0 Å². The highest BCUT2D eigenvalue weighted by atomic mass is 16.6. The van der Waals surface area contributed by atoms with Crippen molar-refractivity contribution in [2.75, 3.05) is 13.2 Å². The molecule has 0 bridgehead atoms. The average Bonchev–Trinajstić information content (AvgIpc) is 2.67. The second kappa shape index (κ2) is 6.04. The number of amides is 2. The van der Waals surface area contributed by atoms with E-state index in [1.807, 2.05) is 0 Å².